The van der Waals surface area contributed by atoms with E-state index < -0.39 is 11.6 Å². The lowest BCUT2D eigenvalue weighted by Gasteiger charge is -2.39. The van der Waals surface area contributed by atoms with Crippen LogP contribution in [0.3, 0.4) is 0 Å². The van der Waals surface area contributed by atoms with E-state index in [9.17, 15) is 8.78 Å². The molecule has 0 bridgehead atoms. The lowest BCUT2D eigenvalue weighted by atomic mass is 9.99. The highest BCUT2D eigenvalue weighted by Crippen LogP contribution is 2.31. The minimum Gasteiger partial charge on any atom is -0.383 e. The average Bonchev–Trinajstić information content (AvgIpc) is 3.31. The van der Waals surface area contributed by atoms with Crippen molar-refractivity contribution in [2.75, 3.05) is 31.9 Å². The van der Waals surface area contributed by atoms with Gasteiger partial charge in [0.25, 0.3) is 0 Å². The highest BCUT2D eigenvalue weighted by Gasteiger charge is 2.23. The van der Waals surface area contributed by atoms with Crippen molar-refractivity contribution >= 4 is 11.4 Å². The fourth-order valence-electron chi connectivity index (χ4n) is 4.19. The van der Waals surface area contributed by atoms with Gasteiger partial charge >= 0.3 is 0 Å². The Kier molecular flexibility index (Phi) is 5.62. The van der Waals surface area contributed by atoms with Crippen LogP contribution in [-0.4, -0.2) is 61.4 Å². The van der Waals surface area contributed by atoms with Gasteiger partial charge in [0.05, 0.1) is 5.56 Å². The van der Waals surface area contributed by atoms with Crippen LogP contribution in [0, 0.1) is 18.1 Å². The summed E-state index contributed by atoms with van der Waals surface area (Å²) in [7, 11) is 0. The van der Waals surface area contributed by atoms with E-state index in [0.29, 0.717) is 5.56 Å². The largest absolute Gasteiger partial charge is 0.383 e. The monoisotopic (exact) mass is 437 g/mol. The third kappa shape index (κ3) is 3.87. The van der Waals surface area contributed by atoms with Gasteiger partial charge in [-0.3, -0.25) is 0 Å². The van der Waals surface area contributed by atoms with Crippen molar-refractivity contribution in [1.82, 2.24) is 35.2 Å². The minimum atomic E-state index is -1.03. The van der Waals surface area contributed by atoms with Gasteiger partial charge in [0.15, 0.2) is 17.5 Å². The van der Waals surface area contributed by atoms with Crippen LogP contribution in [0.5, 0.6) is 0 Å². The molecule has 0 saturated carbocycles. The van der Waals surface area contributed by atoms with Gasteiger partial charge in [-0.15, -0.1) is 5.10 Å². The number of benzene rings is 1. The van der Waals surface area contributed by atoms with Crippen LogP contribution >= 0.6 is 0 Å². The molecular formula is C22H23F2N8. The first-order valence-corrected chi connectivity index (χ1v) is 10.6. The van der Waals surface area contributed by atoms with Gasteiger partial charge < -0.3 is 5.73 Å². The number of tetrazole rings is 1. The van der Waals surface area contributed by atoms with Crippen molar-refractivity contribution in [2.24, 2.45) is 0 Å². The number of pyridine rings is 1. The smallest absolute Gasteiger partial charge is 0.190 e. The van der Waals surface area contributed by atoms with Crippen LogP contribution in [-0.2, 0) is 0 Å². The lowest BCUT2D eigenvalue weighted by molar-refractivity contribution is -0.0183. The zero-order valence-electron chi connectivity index (χ0n) is 17.5. The molecular weight excluding hydrogens is 414 g/mol. The number of hydrogen-bond acceptors (Lipinski definition) is 7. The highest BCUT2D eigenvalue weighted by molar-refractivity contribution is 5.76. The topological polar surface area (TPSA) is 89.0 Å². The Labute approximate surface area is 184 Å². The molecule has 2 aromatic heterocycles. The van der Waals surface area contributed by atoms with E-state index >= 15 is 0 Å². The third-order valence-electron chi connectivity index (χ3n) is 5.91. The molecule has 1 aromatic carbocycles. The minimum absolute atomic E-state index is 0.0966. The summed E-state index contributed by atoms with van der Waals surface area (Å²) in [5.74, 6) is -1.60. The Morgan fingerprint density at radius 2 is 1.94 bits per heavy atom. The number of nitrogens with two attached hydrogens (primary N) is 1. The van der Waals surface area contributed by atoms with Crippen LogP contribution in [0.2, 0.25) is 0 Å². The molecule has 165 valence electrons. The SMILES string of the molecule is Nc1ncc(C2=CCN(N3C[CH]CCC3)CC2)cc1-c1nnnn1-c1cccc(F)c1F. The van der Waals surface area contributed by atoms with E-state index in [1.54, 1.807) is 6.20 Å². The first kappa shape index (κ1) is 20.7. The fraction of sp³-hybridized carbons (Fsp3) is 0.318. The quantitative estimate of drug-likeness (QED) is 0.671. The molecule has 0 amide bonds. The summed E-state index contributed by atoms with van der Waals surface area (Å²) in [6, 6.07) is 5.70. The molecule has 4 heterocycles. The van der Waals surface area contributed by atoms with Gasteiger partial charge in [0, 0.05) is 32.4 Å². The molecule has 0 spiro atoms. The standard InChI is InChI=1S/C22H23F2N8/c23-18-5-4-6-19(20(18)24)32-22(27-28-29-32)17-13-16(14-26-21(17)25)15-7-11-31(12-8-15)30-9-2-1-3-10-30/h2,4-7,13-14H,1,3,8-12H2,(H2,25,26). The Hall–Kier alpha value is -3.24. The van der Waals surface area contributed by atoms with Crippen LogP contribution in [0.15, 0.2) is 36.5 Å². The average molecular weight is 437 g/mol. The van der Waals surface area contributed by atoms with Gasteiger partial charge in [0.2, 0.25) is 0 Å². The molecule has 1 fully saturated rings. The number of hydrazine groups is 1. The summed E-state index contributed by atoms with van der Waals surface area (Å²) in [6.45, 7) is 3.84. The van der Waals surface area contributed by atoms with Gasteiger partial charge in [0.1, 0.15) is 11.5 Å². The summed E-state index contributed by atoms with van der Waals surface area (Å²) in [5, 5.41) is 16.3. The fourth-order valence-corrected chi connectivity index (χ4v) is 4.19. The molecule has 2 N–H and O–H groups in total. The first-order chi connectivity index (χ1) is 15.6. The normalized spacial score (nSPS) is 18.0. The lowest BCUT2D eigenvalue weighted by Crippen LogP contribution is -2.47. The van der Waals surface area contributed by atoms with Crippen LogP contribution in [0.4, 0.5) is 14.6 Å². The van der Waals surface area contributed by atoms with E-state index in [-0.39, 0.29) is 17.3 Å². The second-order valence-corrected chi connectivity index (χ2v) is 7.88. The predicted molar refractivity (Wildman–Crippen MR) is 116 cm³/mol. The van der Waals surface area contributed by atoms with Crippen LogP contribution in [0.1, 0.15) is 24.8 Å². The molecule has 5 rings (SSSR count). The number of anilines is 1. The number of rotatable bonds is 4. The van der Waals surface area contributed by atoms with E-state index in [2.05, 4.69) is 43.0 Å². The first-order valence-electron chi connectivity index (χ1n) is 10.6. The molecule has 10 heteroatoms. The number of aromatic nitrogens is 5. The summed E-state index contributed by atoms with van der Waals surface area (Å²) >= 11 is 0. The third-order valence-corrected chi connectivity index (χ3v) is 5.91. The highest BCUT2D eigenvalue weighted by atomic mass is 19.2. The Balaban J connectivity index is 1.44. The number of nitrogens with zero attached hydrogens (tertiary/aromatic N) is 7. The predicted octanol–water partition coefficient (Wildman–Crippen LogP) is 2.89. The second-order valence-electron chi connectivity index (χ2n) is 7.88. The van der Waals surface area contributed by atoms with E-state index in [0.717, 1.165) is 54.5 Å². The van der Waals surface area contributed by atoms with Gasteiger partial charge in [-0.2, -0.15) is 4.68 Å². The molecule has 1 saturated heterocycles. The Morgan fingerprint density at radius 1 is 1.06 bits per heavy atom. The van der Waals surface area contributed by atoms with Crippen molar-refractivity contribution in [3.63, 3.8) is 0 Å². The van der Waals surface area contributed by atoms with Crippen molar-refractivity contribution in [3.8, 4) is 17.1 Å². The maximum atomic E-state index is 14.4. The van der Waals surface area contributed by atoms with E-state index in [1.165, 1.54) is 25.0 Å². The van der Waals surface area contributed by atoms with E-state index in [4.69, 9.17) is 5.73 Å². The van der Waals surface area contributed by atoms with Gasteiger partial charge in [-0.1, -0.05) is 12.1 Å². The van der Waals surface area contributed by atoms with Crippen molar-refractivity contribution in [2.45, 2.75) is 19.3 Å². The summed E-state index contributed by atoms with van der Waals surface area (Å²) in [6.07, 6.45) is 9.50. The van der Waals surface area contributed by atoms with E-state index in [1.807, 2.05) is 6.07 Å². The van der Waals surface area contributed by atoms with Crippen LogP contribution < -0.4 is 5.73 Å². The number of nitrogen functional groups attached to an aromatic ring is 1. The van der Waals surface area contributed by atoms with Crippen molar-refractivity contribution in [3.05, 3.63) is 60.2 Å². The Bertz CT molecular complexity index is 1150. The van der Waals surface area contributed by atoms with Crippen molar-refractivity contribution in [1.29, 1.82) is 0 Å². The van der Waals surface area contributed by atoms with Gasteiger partial charge in [-0.05, 0) is 65.4 Å². The summed E-state index contributed by atoms with van der Waals surface area (Å²) in [4.78, 5) is 4.33. The molecule has 1 radical (unpaired) electrons. The second kappa shape index (κ2) is 8.71. The molecule has 8 nitrogen and oxygen atoms in total. The molecule has 32 heavy (non-hydrogen) atoms. The number of halogens is 2. The van der Waals surface area contributed by atoms with Crippen LogP contribution in [0.25, 0.3) is 22.6 Å². The molecule has 3 aromatic rings. The molecule has 0 aliphatic carbocycles. The number of piperidine rings is 1. The molecule has 0 atom stereocenters. The van der Waals surface area contributed by atoms with Crippen molar-refractivity contribution < 1.29 is 8.78 Å². The molecule has 2 aliphatic heterocycles. The summed E-state index contributed by atoms with van der Waals surface area (Å²) in [5.41, 5.74) is 8.56. The van der Waals surface area contributed by atoms with Gasteiger partial charge in [-0.25, -0.2) is 23.8 Å². The summed E-state index contributed by atoms with van der Waals surface area (Å²) < 4.78 is 29.2. The maximum absolute atomic E-state index is 14.4. The molecule has 0 unspecified atom stereocenters. The zero-order valence-corrected chi connectivity index (χ0v) is 17.5. The zero-order chi connectivity index (χ0) is 22.1. The number of hydrogen-bond donors (Lipinski definition) is 1. The molecule has 2 aliphatic rings. The maximum Gasteiger partial charge on any atom is 0.190 e. The Morgan fingerprint density at radius 3 is 2.72 bits per heavy atom.